The zero-order chi connectivity index (χ0) is 38.6. The maximum Gasteiger partial charge on any atom is 0.0547 e. The highest BCUT2D eigenvalue weighted by Crippen LogP contribution is 2.44. The van der Waals surface area contributed by atoms with Crippen LogP contribution in [0.1, 0.15) is 12.5 Å². The maximum atomic E-state index is 3.85. The maximum absolute atomic E-state index is 3.85. The monoisotopic (exact) mass is 730 g/mol. The normalized spacial score (nSPS) is 11.7. The van der Waals surface area contributed by atoms with E-state index in [0.29, 0.717) is 0 Å². The average Bonchev–Trinajstić information content (AvgIpc) is 3.62. The highest BCUT2D eigenvalue weighted by molar-refractivity contribution is 6.10. The van der Waals surface area contributed by atoms with E-state index in [1.54, 1.807) is 0 Å². The highest BCUT2D eigenvalue weighted by atomic mass is 15.1. The van der Waals surface area contributed by atoms with Gasteiger partial charge in [-0.3, -0.25) is 0 Å². The first-order valence-electron chi connectivity index (χ1n) is 19.5. The standard InChI is InChI=1S/C55H42N2/c1-3-5-18-40(4-2)42-29-36-47(37-30-42)57-54-28-17-15-26-51(54)52-38-33-44(39-55(52)57)48-23-12-13-24-49(48)50-25-14-16-27-53(50)56(45-21-10-7-11-22-45)46-34-31-43(32-35-46)41-19-8-6-9-20-41/h3-39H,1H2,2H3/b18-5-,40-4+. The van der Waals surface area contributed by atoms with Gasteiger partial charge in [0, 0.05) is 33.4 Å². The minimum Gasteiger partial charge on any atom is -0.310 e. The molecule has 9 aromatic rings. The summed E-state index contributed by atoms with van der Waals surface area (Å²) in [5, 5.41) is 2.47. The Bertz CT molecular complexity index is 2890. The first-order valence-corrected chi connectivity index (χ1v) is 19.5. The van der Waals surface area contributed by atoms with Gasteiger partial charge in [0.2, 0.25) is 0 Å². The molecule has 0 amide bonds. The molecular formula is C55H42N2. The predicted molar refractivity (Wildman–Crippen MR) is 245 cm³/mol. The molecule has 0 unspecified atom stereocenters. The van der Waals surface area contributed by atoms with E-state index >= 15 is 0 Å². The first kappa shape index (κ1) is 35.3. The van der Waals surface area contributed by atoms with Gasteiger partial charge >= 0.3 is 0 Å². The molecule has 9 rings (SSSR count). The van der Waals surface area contributed by atoms with Crippen LogP contribution in [0, 0.1) is 0 Å². The first-order chi connectivity index (χ1) is 28.2. The lowest BCUT2D eigenvalue weighted by Crippen LogP contribution is -2.11. The van der Waals surface area contributed by atoms with E-state index in [1.165, 1.54) is 49.6 Å². The third-order valence-corrected chi connectivity index (χ3v) is 10.8. The fourth-order valence-electron chi connectivity index (χ4n) is 8.05. The van der Waals surface area contributed by atoms with Crippen LogP contribution >= 0.6 is 0 Å². The van der Waals surface area contributed by atoms with Crippen LogP contribution in [0.25, 0.3) is 66.4 Å². The minimum absolute atomic E-state index is 1.10. The van der Waals surface area contributed by atoms with Crippen molar-refractivity contribution >= 4 is 44.4 Å². The van der Waals surface area contributed by atoms with Gasteiger partial charge in [-0.15, -0.1) is 0 Å². The van der Waals surface area contributed by atoms with Gasteiger partial charge in [0.25, 0.3) is 0 Å². The van der Waals surface area contributed by atoms with Crippen molar-refractivity contribution in [1.29, 1.82) is 0 Å². The molecule has 2 nitrogen and oxygen atoms in total. The van der Waals surface area contributed by atoms with E-state index < -0.39 is 0 Å². The van der Waals surface area contributed by atoms with E-state index in [-0.39, 0.29) is 0 Å². The van der Waals surface area contributed by atoms with Crippen LogP contribution in [-0.2, 0) is 0 Å². The molecule has 57 heavy (non-hydrogen) atoms. The Balaban J connectivity index is 1.18. The lowest BCUT2D eigenvalue weighted by Gasteiger charge is -2.28. The Hall–Kier alpha value is -7.42. The van der Waals surface area contributed by atoms with E-state index in [2.05, 4.69) is 235 Å². The number of hydrogen-bond acceptors (Lipinski definition) is 1. The molecule has 2 heteroatoms. The predicted octanol–water partition coefficient (Wildman–Crippen LogP) is 15.4. The molecule has 1 heterocycles. The fourth-order valence-corrected chi connectivity index (χ4v) is 8.05. The summed E-state index contributed by atoms with van der Waals surface area (Å²) in [6.45, 7) is 5.92. The molecule has 0 aliphatic heterocycles. The quantitative estimate of drug-likeness (QED) is 0.127. The molecule has 0 spiro atoms. The van der Waals surface area contributed by atoms with E-state index in [4.69, 9.17) is 0 Å². The van der Waals surface area contributed by atoms with Crippen molar-refractivity contribution in [2.45, 2.75) is 6.92 Å². The Kier molecular flexibility index (Phi) is 9.75. The summed E-state index contributed by atoms with van der Waals surface area (Å²) in [6.07, 6.45) is 8.04. The number of allylic oxidation sites excluding steroid dienone is 5. The number of benzene rings is 8. The number of rotatable bonds is 10. The van der Waals surface area contributed by atoms with Gasteiger partial charge in [-0.25, -0.2) is 0 Å². The summed E-state index contributed by atoms with van der Waals surface area (Å²) >= 11 is 0. The second kappa shape index (κ2) is 15.7. The molecule has 1 aromatic heterocycles. The Morgan fingerprint density at radius 2 is 1.07 bits per heavy atom. The van der Waals surface area contributed by atoms with Crippen molar-refractivity contribution in [3.8, 4) is 39.1 Å². The summed E-state index contributed by atoms with van der Waals surface area (Å²) in [5.41, 5.74) is 16.2. The molecule has 0 N–H and O–H groups in total. The Morgan fingerprint density at radius 1 is 0.491 bits per heavy atom. The SMILES string of the molecule is C=C/C=C\C(=C/C)c1ccc(-n2c3ccccc3c3ccc(-c4ccccc4-c4ccccc4N(c4ccccc4)c4ccc(-c5ccccc5)cc4)cc32)cc1. The molecule has 8 aromatic carbocycles. The van der Waals surface area contributed by atoms with Crippen molar-refractivity contribution in [3.63, 3.8) is 0 Å². The van der Waals surface area contributed by atoms with Crippen molar-refractivity contribution in [1.82, 2.24) is 4.57 Å². The zero-order valence-corrected chi connectivity index (χ0v) is 32.0. The topological polar surface area (TPSA) is 8.17 Å². The lowest BCUT2D eigenvalue weighted by molar-refractivity contribution is 1.18. The molecule has 0 bridgehead atoms. The van der Waals surface area contributed by atoms with Crippen LogP contribution in [0.5, 0.6) is 0 Å². The van der Waals surface area contributed by atoms with Crippen LogP contribution in [0.15, 0.2) is 231 Å². The summed E-state index contributed by atoms with van der Waals surface area (Å²) in [6, 6.07) is 72.3. The Labute approximate surface area is 335 Å². The summed E-state index contributed by atoms with van der Waals surface area (Å²) in [7, 11) is 0. The fraction of sp³-hybridized carbons (Fsp3) is 0.0182. The van der Waals surface area contributed by atoms with Crippen LogP contribution in [0.4, 0.5) is 17.1 Å². The van der Waals surface area contributed by atoms with Crippen LogP contribution in [0.2, 0.25) is 0 Å². The average molecular weight is 731 g/mol. The van der Waals surface area contributed by atoms with Gasteiger partial charge in [0.1, 0.15) is 0 Å². The van der Waals surface area contributed by atoms with Gasteiger partial charge in [0.05, 0.1) is 16.7 Å². The number of fused-ring (bicyclic) bond motifs is 3. The summed E-state index contributed by atoms with van der Waals surface area (Å²) in [5.74, 6) is 0. The highest BCUT2D eigenvalue weighted by Gasteiger charge is 2.20. The van der Waals surface area contributed by atoms with E-state index in [1.807, 2.05) is 12.2 Å². The van der Waals surface area contributed by atoms with Gasteiger partial charge in [0.15, 0.2) is 0 Å². The summed E-state index contributed by atoms with van der Waals surface area (Å²) < 4.78 is 2.40. The number of hydrogen-bond donors (Lipinski definition) is 0. The number of para-hydroxylation sites is 3. The molecule has 0 saturated carbocycles. The minimum atomic E-state index is 1.10. The van der Waals surface area contributed by atoms with E-state index in [9.17, 15) is 0 Å². The number of anilines is 3. The van der Waals surface area contributed by atoms with Crippen molar-refractivity contribution in [2.24, 2.45) is 0 Å². The second-order valence-electron chi connectivity index (χ2n) is 14.1. The molecule has 0 aliphatic carbocycles. The van der Waals surface area contributed by atoms with Crippen LogP contribution in [-0.4, -0.2) is 4.57 Å². The molecule has 272 valence electrons. The summed E-state index contributed by atoms with van der Waals surface area (Å²) in [4.78, 5) is 2.37. The molecule has 0 fully saturated rings. The van der Waals surface area contributed by atoms with Gasteiger partial charge in [-0.1, -0.05) is 176 Å². The van der Waals surface area contributed by atoms with Crippen LogP contribution in [0.3, 0.4) is 0 Å². The molecular weight excluding hydrogens is 689 g/mol. The lowest BCUT2D eigenvalue weighted by atomic mass is 9.92. The smallest absolute Gasteiger partial charge is 0.0547 e. The number of nitrogens with zero attached hydrogens (tertiary/aromatic N) is 2. The Morgan fingerprint density at radius 3 is 1.81 bits per heavy atom. The van der Waals surface area contributed by atoms with Gasteiger partial charge in [-0.05, 0) is 100 Å². The van der Waals surface area contributed by atoms with Gasteiger partial charge in [-0.2, -0.15) is 0 Å². The van der Waals surface area contributed by atoms with Gasteiger partial charge < -0.3 is 9.47 Å². The largest absolute Gasteiger partial charge is 0.310 e. The van der Waals surface area contributed by atoms with Crippen molar-refractivity contribution in [3.05, 3.63) is 237 Å². The van der Waals surface area contributed by atoms with Crippen molar-refractivity contribution < 1.29 is 0 Å². The zero-order valence-electron chi connectivity index (χ0n) is 32.0. The molecule has 0 aliphatic rings. The van der Waals surface area contributed by atoms with Crippen molar-refractivity contribution in [2.75, 3.05) is 4.90 Å². The molecule has 0 atom stereocenters. The second-order valence-corrected chi connectivity index (χ2v) is 14.1. The molecule has 0 radical (unpaired) electrons. The number of aromatic nitrogens is 1. The third-order valence-electron chi connectivity index (χ3n) is 10.8. The van der Waals surface area contributed by atoms with E-state index in [0.717, 1.165) is 39.4 Å². The molecule has 0 saturated heterocycles. The third kappa shape index (κ3) is 6.79. The van der Waals surface area contributed by atoms with Crippen LogP contribution < -0.4 is 4.90 Å².